The van der Waals surface area contributed by atoms with E-state index in [1.807, 2.05) is 0 Å². The molecule has 116 valence electrons. The van der Waals surface area contributed by atoms with Crippen LogP contribution in [0.2, 0.25) is 0 Å². The molecule has 2 aliphatic rings. The van der Waals surface area contributed by atoms with Crippen LogP contribution in [0.4, 0.5) is 0 Å². The molecule has 0 bridgehead atoms. The van der Waals surface area contributed by atoms with Crippen molar-refractivity contribution in [1.29, 1.82) is 0 Å². The molecule has 0 radical (unpaired) electrons. The number of hydrogen-bond acceptors (Lipinski definition) is 3. The fraction of sp³-hybridized carbons (Fsp3) is 0.938. The van der Waals surface area contributed by atoms with Gasteiger partial charge in [-0.25, -0.2) is 0 Å². The van der Waals surface area contributed by atoms with Gasteiger partial charge in [0, 0.05) is 13.1 Å². The van der Waals surface area contributed by atoms with Crippen LogP contribution >= 0.6 is 0 Å². The lowest BCUT2D eigenvalue weighted by Gasteiger charge is -2.27. The maximum Gasteiger partial charge on any atom is 0.227 e. The lowest BCUT2D eigenvalue weighted by Crippen LogP contribution is -2.43. The highest BCUT2D eigenvalue weighted by Crippen LogP contribution is 2.31. The summed E-state index contributed by atoms with van der Waals surface area (Å²) in [4.78, 5) is 12.4. The maximum atomic E-state index is 12.4. The van der Waals surface area contributed by atoms with Crippen molar-refractivity contribution in [2.75, 3.05) is 26.2 Å². The number of hydrogen-bond donors (Lipinski definition) is 2. The molecule has 1 aliphatic heterocycles. The minimum atomic E-state index is -0.167. The van der Waals surface area contributed by atoms with Gasteiger partial charge in [-0.05, 0) is 32.2 Å². The van der Waals surface area contributed by atoms with Crippen molar-refractivity contribution in [3.63, 3.8) is 0 Å². The molecule has 0 spiro atoms. The first-order valence-corrected chi connectivity index (χ1v) is 8.37. The summed E-state index contributed by atoms with van der Waals surface area (Å²) in [6, 6.07) is 0. The van der Waals surface area contributed by atoms with Gasteiger partial charge in [-0.3, -0.25) is 4.79 Å². The molecular weight excluding hydrogens is 252 g/mol. The average molecular weight is 282 g/mol. The zero-order chi connectivity index (χ0) is 14.3. The Balaban J connectivity index is 1.66. The van der Waals surface area contributed by atoms with Crippen LogP contribution in [0, 0.1) is 5.41 Å². The third-order valence-electron chi connectivity index (χ3n) is 4.75. The molecule has 1 heterocycles. The van der Waals surface area contributed by atoms with E-state index in [0.717, 1.165) is 32.4 Å². The molecule has 1 aliphatic carbocycles. The van der Waals surface area contributed by atoms with E-state index < -0.39 is 0 Å². The zero-order valence-corrected chi connectivity index (χ0v) is 12.9. The molecule has 0 aromatic carbocycles. The van der Waals surface area contributed by atoms with Crippen LogP contribution in [0.5, 0.6) is 0 Å². The SMILES string of the molecule is CCCC1(C(=O)NCCOC2CCCCC2)CCNC1. The number of carbonyl (C=O) groups excluding carboxylic acids is 1. The first kappa shape index (κ1) is 15.8. The maximum absolute atomic E-state index is 12.4. The van der Waals surface area contributed by atoms with Gasteiger partial charge >= 0.3 is 0 Å². The van der Waals surface area contributed by atoms with E-state index in [1.54, 1.807) is 0 Å². The van der Waals surface area contributed by atoms with Crippen LogP contribution in [0.1, 0.15) is 58.3 Å². The molecule has 0 aromatic rings. The van der Waals surface area contributed by atoms with Gasteiger partial charge in [0.05, 0.1) is 18.1 Å². The number of amides is 1. The number of rotatable bonds is 7. The van der Waals surface area contributed by atoms with Crippen LogP contribution in [-0.2, 0) is 9.53 Å². The van der Waals surface area contributed by atoms with Gasteiger partial charge in [-0.15, -0.1) is 0 Å². The third kappa shape index (κ3) is 4.19. The Morgan fingerprint density at radius 3 is 2.80 bits per heavy atom. The molecule has 20 heavy (non-hydrogen) atoms. The van der Waals surface area contributed by atoms with Gasteiger partial charge in [0.15, 0.2) is 0 Å². The molecule has 4 nitrogen and oxygen atoms in total. The minimum Gasteiger partial charge on any atom is -0.376 e. The highest BCUT2D eigenvalue weighted by Gasteiger charge is 2.39. The topological polar surface area (TPSA) is 50.4 Å². The quantitative estimate of drug-likeness (QED) is 0.704. The Hall–Kier alpha value is -0.610. The van der Waals surface area contributed by atoms with E-state index in [-0.39, 0.29) is 11.3 Å². The number of ether oxygens (including phenoxy) is 1. The largest absolute Gasteiger partial charge is 0.376 e. The van der Waals surface area contributed by atoms with Crippen LogP contribution in [0.3, 0.4) is 0 Å². The van der Waals surface area contributed by atoms with Gasteiger partial charge in [0.1, 0.15) is 0 Å². The number of nitrogens with one attached hydrogen (secondary N) is 2. The standard InChI is InChI=1S/C16H30N2O2/c1-2-8-16(9-10-17-13-16)15(19)18-11-12-20-14-6-4-3-5-7-14/h14,17H,2-13H2,1H3,(H,18,19). The Labute approximate surface area is 123 Å². The van der Waals surface area contributed by atoms with E-state index in [1.165, 1.54) is 32.1 Å². The van der Waals surface area contributed by atoms with Gasteiger partial charge in [-0.2, -0.15) is 0 Å². The normalized spacial score (nSPS) is 27.6. The number of carbonyl (C=O) groups is 1. The van der Waals surface area contributed by atoms with Crippen molar-refractivity contribution in [3.05, 3.63) is 0 Å². The molecule has 1 unspecified atom stereocenters. The molecule has 1 saturated carbocycles. The summed E-state index contributed by atoms with van der Waals surface area (Å²) in [6.07, 6.45) is 9.76. The predicted molar refractivity (Wildman–Crippen MR) is 80.7 cm³/mol. The minimum absolute atomic E-state index is 0.167. The Morgan fingerprint density at radius 2 is 2.15 bits per heavy atom. The second-order valence-electron chi connectivity index (χ2n) is 6.34. The summed E-state index contributed by atoms with van der Waals surface area (Å²) >= 11 is 0. The fourth-order valence-corrected chi connectivity index (χ4v) is 3.55. The lowest BCUT2D eigenvalue weighted by molar-refractivity contribution is -0.130. The second-order valence-corrected chi connectivity index (χ2v) is 6.34. The summed E-state index contributed by atoms with van der Waals surface area (Å²) in [5, 5.41) is 6.41. The van der Waals surface area contributed by atoms with E-state index in [0.29, 0.717) is 19.3 Å². The highest BCUT2D eigenvalue weighted by atomic mass is 16.5. The van der Waals surface area contributed by atoms with Crippen molar-refractivity contribution < 1.29 is 9.53 Å². The van der Waals surface area contributed by atoms with Crippen molar-refractivity contribution in [2.45, 2.75) is 64.4 Å². The van der Waals surface area contributed by atoms with Crippen LogP contribution in [0.15, 0.2) is 0 Å². The molecule has 1 atom stereocenters. The van der Waals surface area contributed by atoms with Crippen molar-refractivity contribution in [3.8, 4) is 0 Å². The summed E-state index contributed by atoms with van der Waals surface area (Å²) in [6.45, 7) is 5.26. The smallest absolute Gasteiger partial charge is 0.227 e. The van der Waals surface area contributed by atoms with E-state index in [4.69, 9.17) is 4.74 Å². The summed E-state index contributed by atoms with van der Waals surface area (Å²) in [5.41, 5.74) is -0.167. The van der Waals surface area contributed by atoms with Gasteiger partial charge in [-0.1, -0.05) is 32.6 Å². The van der Waals surface area contributed by atoms with Crippen LogP contribution < -0.4 is 10.6 Å². The Morgan fingerprint density at radius 1 is 1.35 bits per heavy atom. The predicted octanol–water partition coefficient (Wildman–Crippen LogP) is 2.23. The van der Waals surface area contributed by atoms with Crippen LogP contribution in [-0.4, -0.2) is 38.3 Å². The van der Waals surface area contributed by atoms with Crippen LogP contribution in [0.25, 0.3) is 0 Å². The van der Waals surface area contributed by atoms with E-state index in [2.05, 4.69) is 17.6 Å². The molecule has 2 N–H and O–H groups in total. The first-order valence-electron chi connectivity index (χ1n) is 8.37. The molecule has 1 amide bonds. The summed E-state index contributed by atoms with van der Waals surface area (Å²) in [5.74, 6) is 0.219. The third-order valence-corrected chi connectivity index (χ3v) is 4.75. The average Bonchev–Trinajstić information content (AvgIpc) is 2.95. The lowest BCUT2D eigenvalue weighted by atomic mass is 9.81. The van der Waals surface area contributed by atoms with Crippen molar-refractivity contribution in [1.82, 2.24) is 10.6 Å². The highest BCUT2D eigenvalue weighted by molar-refractivity contribution is 5.83. The first-order chi connectivity index (χ1) is 9.77. The van der Waals surface area contributed by atoms with E-state index >= 15 is 0 Å². The van der Waals surface area contributed by atoms with E-state index in [9.17, 15) is 4.79 Å². The molecule has 2 fully saturated rings. The van der Waals surface area contributed by atoms with Gasteiger partial charge in [0.25, 0.3) is 0 Å². The fourth-order valence-electron chi connectivity index (χ4n) is 3.55. The Bertz CT molecular complexity index is 295. The molecule has 0 aromatic heterocycles. The van der Waals surface area contributed by atoms with Crippen molar-refractivity contribution >= 4 is 5.91 Å². The van der Waals surface area contributed by atoms with Gasteiger partial charge in [0.2, 0.25) is 5.91 Å². The zero-order valence-electron chi connectivity index (χ0n) is 12.9. The van der Waals surface area contributed by atoms with Crippen molar-refractivity contribution in [2.24, 2.45) is 5.41 Å². The monoisotopic (exact) mass is 282 g/mol. The van der Waals surface area contributed by atoms with Gasteiger partial charge < -0.3 is 15.4 Å². The second kappa shape index (κ2) is 7.99. The molecule has 1 saturated heterocycles. The summed E-state index contributed by atoms with van der Waals surface area (Å²) in [7, 11) is 0. The summed E-state index contributed by atoms with van der Waals surface area (Å²) < 4.78 is 5.86. The molecule has 2 rings (SSSR count). The Kier molecular flexibility index (Phi) is 6.30. The molecular formula is C16H30N2O2. The molecule has 4 heteroatoms.